The number of ether oxygens (including phenoxy) is 1. The van der Waals surface area contributed by atoms with Crippen molar-refractivity contribution < 1.29 is 4.74 Å². The zero-order valence-corrected chi connectivity index (χ0v) is 12.5. The molecule has 0 aliphatic carbocycles. The van der Waals surface area contributed by atoms with E-state index in [4.69, 9.17) is 4.74 Å². The molecule has 0 unspecified atom stereocenters. The Balaban J connectivity index is 2.59. The molecule has 17 heavy (non-hydrogen) atoms. The maximum absolute atomic E-state index is 5.94. The van der Waals surface area contributed by atoms with Crippen LogP contribution in [0.4, 0.5) is 0 Å². The molecule has 96 valence electrons. The molecule has 0 saturated heterocycles. The third-order valence-electron chi connectivity index (χ3n) is 3.13. The molecule has 0 aromatic heterocycles. The molecular formula is C15H23BrO. The van der Waals surface area contributed by atoms with Gasteiger partial charge in [0.05, 0.1) is 6.61 Å². The van der Waals surface area contributed by atoms with Crippen molar-refractivity contribution in [3.8, 4) is 5.75 Å². The highest BCUT2D eigenvalue weighted by molar-refractivity contribution is 9.09. The average molecular weight is 299 g/mol. The van der Waals surface area contributed by atoms with E-state index in [1.54, 1.807) is 0 Å². The molecule has 1 aromatic carbocycles. The van der Waals surface area contributed by atoms with E-state index < -0.39 is 0 Å². The lowest BCUT2D eigenvalue weighted by molar-refractivity contribution is 0.144. The molecular weight excluding hydrogens is 276 g/mol. The summed E-state index contributed by atoms with van der Waals surface area (Å²) in [6.07, 6.45) is 4.87. The van der Waals surface area contributed by atoms with Crippen molar-refractivity contribution in [2.75, 3.05) is 11.9 Å². The molecule has 0 amide bonds. The fraction of sp³-hybridized carbons (Fsp3) is 0.600. The second-order valence-electron chi connectivity index (χ2n) is 4.74. The number of halogens is 1. The third kappa shape index (κ3) is 4.71. The van der Waals surface area contributed by atoms with Crippen LogP contribution < -0.4 is 4.74 Å². The highest BCUT2D eigenvalue weighted by Crippen LogP contribution is 2.32. The first-order valence-corrected chi connectivity index (χ1v) is 7.62. The zero-order valence-electron chi connectivity index (χ0n) is 10.9. The van der Waals surface area contributed by atoms with Crippen LogP contribution in [0.15, 0.2) is 30.3 Å². The summed E-state index contributed by atoms with van der Waals surface area (Å²) < 4.78 is 5.94. The molecule has 1 aromatic rings. The maximum atomic E-state index is 5.94. The number of para-hydroxylation sites is 1. The first-order valence-electron chi connectivity index (χ1n) is 6.50. The quantitative estimate of drug-likeness (QED) is 0.611. The van der Waals surface area contributed by atoms with Gasteiger partial charge in [-0.05, 0) is 25.0 Å². The predicted octanol–water partition coefficient (Wildman–Crippen LogP) is 5.05. The van der Waals surface area contributed by atoms with Crippen molar-refractivity contribution in [3.63, 3.8) is 0 Å². The number of alkyl halides is 1. The average Bonchev–Trinajstić information content (AvgIpc) is 2.38. The largest absolute Gasteiger partial charge is 0.493 e. The summed E-state index contributed by atoms with van der Waals surface area (Å²) in [6.45, 7) is 5.30. The number of hydrogen-bond donors (Lipinski definition) is 0. The monoisotopic (exact) mass is 298 g/mol. The molecule has 1 rings (SSSR count). The van der Waals surface area contributed by atoms with Gasteiger partial charge in [-0.25, -0.2) is 0 Å². The lowest BCUT2D eigenvalue weighted by Gasteiger charge is -2.31. The molecule has 0 fully saturated rings. The van der Waals surface area contributed by atoms with E-state index in [0.717, 1.165) is 17.7 Å². The van der Waals surface area contributed by atoms with Crippen molar-refractivity contribution in [1.82, 2.24) is 0 Å². The van der Waals surface area contributed by atoms with E-state index in [1.807, 2.05) is 30.3 Å². The Bertz CT molecular complexity index is 291. The molecule has 0 aliphatic rings. The highest BCUT2D eigenvalue weighted by atomic mass is 79.9. The Morgan fingerprint density at radius 1 is 1.06 bits per heavy atom. The molecule has 0 atom stereocenters. The van der Waals surface area contributed by atoms with Crippen LogP contribution >= 0.6 is 15.9 Å². The van der Waals surface area contributed by atoms with Gasteiger partial charge in [-0.3, -0.25) is 0 Å². The van der Waals surface area contributed by atoms with E-state index in [-0.39, 0.29) is 0 Å². The lowest BCUT2D eigenvalue weighted by Crippen LogP contribution is -2.30. The van der Waals surface area contributed by atoms with Gasteiger partial charge in [-0.15, -0.1) is 0 Å². The van der Waals surface area contributed by atoms with Crippen LogP contribution in [0.3, 0.4) is 0 Å². The van der Waals surface area contributed by atoms with E-state index in [2.05, 4.69) is 29.8 Å². The van der Waals surface area contributed by atoms with Gasteiger partial charge in [-0.2, -0.15) is 0 Å². The van der Waals surface area contributed by atoms with E-state index >= 15 is 0 Å². The summed E-state index contributed by atoms with van der Waals surface area (Å²) in [4.78, 5) is 0. The fourth-order valence-electron chi connectivity index (χ4n) is 2.26. The summed E-state index contributed by atoms with van der Waals surface area (Å²) in [5.74, 6) is 0.977. The first kappa shape index (κ1) is 14.6. The summed E-state index contributed by atoms with van der Waals surface area (Å²) >= 11 is 3.67. The van der Waals surface area contributed by atoms with Gasteiger partial charge in [0.1, 0.15) is 5.75 Å². The standard InChI is InChI=1S/C15H23BrO/c1-3-10-15(12-16,11-4-2)13-17-14-8-6-5-7-9-14/h5-9H,3-4,10-13H2,1-2H3. The predicted molar refractivity (Wildman–Crippen MR) is 78.0 cm³/mol. The van der Waals surface area contributed by atoms with E-state index in [1.165, 1.54) is 25.7 Å². The first-order chi connectivity index (χ1) is 8.26. The van der Waals surface area contributed by atoms with Crippen molar-refractivity contribution in [1.29, 1.82) is 0 Å². The Kier molecular flexibility index (Phi) is 6.64. The van der Waals surface area contributed by atoms with Crippen LogP contribution in [0, 0.1) is 5.41 Å². The SMILES string of the molecule is CCCC(CBr)(CCC)COc1ccccc1. The number of rotatable bonds is 8. The van der Waals surface area contributed by atoms with Crippen LogP contribution in [-0.4, -0.2) is 11.9 Å². The summed E-state index contributed by atoms with van der Waals surface area (Å²) in [7, 11) is 0. The van der Waals surface area contributed by atoms with Gasteiger partial charge in [0, 0.05) is 10.7 Å². The minimum atomic E-state index is 0.291. The van der Waals surface area contributed by atoms with Crippen molar-refractivity contribution in [2.45, 2.75) is 39.5 Å². The Morgan fingerprint density at radius 3 is 2.12 bits per heavy atom. The van der Waals surface area contributed by atoms with Gasteiger partial charge in [0.25, 0.3) is 0 Å². The topological polar surface area (TPSA) is 9.23 Å². The van der Waals surface area contributed by atoms with Gasteiger partial charge in [0.15, 0.2) is 0 Å². The second-order valence-corrected chi connectivity index (χ2v) is 5.30. The van der Waals surface area contributed by atoms with Crippen molar-refractivity contribution >= 4 is 15.9 Å². The summed E-state index contributed by atoms with van der Waals surface area (Å²) in [6, 6.07) is 10.1. The maximum Gasteiger partial charge on any atom is 0.119 e. The Morgan fingerprint density at radius 2 is 1.65 bits per heavy atom. The Labute approximate surface area is 114 Å². The minimum absolute atomic E-state index is 0.291. The van der Waals surface area contributed by atoms with Gasteiger partial charge >= 0.3 is 0 Å². The highest BCUT2D eigenvalue weighted by Gasteiger charge is 2.28. The minimum Gasteiger partial charge on any atom is -0.493 e. The molecule has 0 N–H and O–H groups in total. The number of benzene rings is 1. The molecule has 0 heterocycles. The molecule has 1 nitrogen and oxygen atoms in total. The van der Waals surface area contributed by atoms with Crippen LogP contribution in [0.2, 0.25) is 0 Å². The van der Waals surface area contributed by atoms with Crippen LogP contribution in [-0.2, 0) is 0 Å². The van der Waals surface area contributed by atoms with Crippen LogP contribution in [0.1, 0.15) is 39.5 Å². The van der Waals surface area contributed by atoms with Crippen LogP contribution in [0.25, 0.3) is 0 Å². The fourth-order valence-corrected chi connectivity index (χ4v) is 2.98. The van der Waals surface area contributed by atoms with Crippen molar-refractivity contribution in [3.05, 3.63) is 30.3 Å². The van der Waals surface area contributed by atoms with Crippen molar-refractivity contribution in [2.24, 2.45) is 5.41 Å². The van der Waals surface area contributed by atoms with Gasteiger partial charge < -0.3 is 4.74 Å². The molecule has 0 saturated carbocycles. The Hall–Kier alpha value is -0.500. The van der Waals surface area contributed by atoms with E-state index in [9.17, 15) is 0 Å². The molecule has 0 radical (unpaired) electrons. The molecule has 0 spiro atoms. The summed E-state index contributed by atoms with van der Waals surface area (Å²) in [5, 5.41) is 1.02. The van der Waals surface area contributed by atoms with Gasteiger partial charge in [0.2, 0.25) is 0 Å². The smallest absolute Gasteiger partial charge is 0.119 e. The second kappa shape index (κ2) is 7.75. The van der Waals surface area contributed by atoms with Crippen LogP contribution in [0.5, 0.6) is 5.75 Å². The van der Waals surface area contributed by atoms with E-state index in [0.29, 0.717) is 5.41 Å². The molecule has 0 bridgehead atoms. The van der Waals surface area contributed by atoms with Gasteiger partial charge in [-0.1, -0.05) is 60.8 Å². The zero-order chi connectivity index (χ0) is 12.6. The third-order valence-corrected chi connectivity index (χ3v) is 4.32. The molecule has 2 heteroatoms. The number of hydrogen-bond acceptors (Lipinski definition) is 1. The summed E-state index contributed by atoms with van der Waals surface area (Å²) in [5.41, 5.74) is 0.291. The molecule has 0 aliphatic heterocycles. The normalized spacial score (nSPS) is 11.5. The lowest BCUT2D eigenvalue weighted by atomic mass is 9.82.